The topological polar surface area (TPSA) is 81.1 Å². The van der Waals surface area contributed by atoms with Gasteiger partial charge in [0.05, 0.1) is 6.10 Å². The van der Waals surface area contributed by atoms with Crippen molar-refractivity contribution in [3.05, 3.63) is 0 Å². The quantitative estimate of drug-likeness (QED) is 0.646. The predicted octanol–water partition coefficient (Wildman–Crippen LogP) is -0.625. The van der Waals surface area contributed by atoms with Crippen LogP contribution in [-0.2, 0) is 9.59 Å². The van der Waals surface area contributed by atoms with Crippen molar-refractivity contribution in [1.29, 1.82) is 0 Å². The number of hydrogen-bond donors (Lipinski definition) is 2. The molecule has 0 aromatic heterocycles. The second-order valence-corrected chi connectivity index (χ2v) is 4.62. The standard InChI is InChI=1S/C11H20N2O4/c1-8(14)7-12(2)9-3-5-13(6-4-9)10(15)11(16)17/h8-9,14H,3-7H2,1-2H3,(H,16,17). The minimum Gasteiger partial charge on any atom is -0.474 e. The van der Waals surface area contributed by atoms with Gasteiger partial charge in [0.15, 0.2) is 0 Å². The number of aliphatic hydroxyl groups is 1. The number of rotatable bonds is 3. The molecule has 1 fully saturated rings. The zero-order valence-electron chi connectivity index (χ0n) is 10.3. The summed E-state index contributed by atoms with van der Waals surface area (Å²) in [6.45, 7) is 3.27. The summed E-state index contributed by atoms with van der Waals surface area (Å²) in [5, 5.41) is 17.9. The second-order valence-electron chi connectivity index (χ2n) is 4.62. The van der Waals surface area contributed by atoms with Crippen LogP contribution in [0.3, 0.4) is 0 Å². The lowest BCUT2D eigenvalue weighted by molar-refractivity contribution is -0.156. The molecule has 0 radical (unpaired) electrons. The molecular formula is C11H20N2O4. The first kappa shape index (κ1) is 13.9. The van der Waals surface area contributed by atoms with Crippen molar-refractivity contribution in [2.24, 2.45) is 0 Å². The highest BCUT2D eigenvalue weighted by Gasteiger charge is 2.28. The van der Waals surface area contributed by atoms with Gasteiger partial charge < -0.3 is 20.0 Å². The molecule has 17 heavy (non-hydrogen) atoms. The van der Waals surface area contributed by atoms with Crippen molar-refractivity contribution < 1.29 is 19.8 Å². The van der Waals surface area contributed by atoms with Gasteiger partial charge in [-0.3, -0.25) is 4.79 Å². The molecule has 0 saturated carbocycles. The van der Waals surface area contributed by atoms with Crippen LogP contribution in [0.25, 0.3) is 0 Å². The first-order valence-electron chi connectivity index (χ1n) is 5.82. The van der Waals surface area contributed by atoms with Crippen LogP contribution in [0.1, 0.15) is 19.8 Å². The zero-order chi connectivity index (χ0) is 13.0. The van der Waals surface area contributed by atoms with E-state index in [9.17, 15) is 14.7 Å². The Morgan fingerprint density at radius 3 is 2.35 bits per heavy atom. The number of likely N-dealkylation sites (N-methyl/N-ethyl adjacent to an activating group) is 1. The number of carboxylic acid groups (broad SMARTS) is 1. The molecule has 0 aromatic carbocycles. The molecule has 1 aliphatic heterocycles. The lowest BCUT2D eigenvalue weighted by Gasteiger charge is -2.36. The molecule has 0 aromatic rings. The maximum atomic E-state index is 11.2. The van der Waals surface area contributed by atoms with Gasteiger partial charge in [0, 0.05) is 25.7 Å². The first-order valence-corrected chi connectivity index (χ1v) is 5.82. The van der Waals surface area contributed by atoms with Crippen molar-refractivity contribution in [3.8, 4) is 0 Å². The monoisotopic (exact) mass is 244 g/mol. The summed E-state index contributed by atoms with van der Waals surface area (Å²) in [7, 11) is 1.94. The third-order valence-corrected chi connectivity index (χ3v) is 3.11. The van der Waals surface area contributed by atoms with E-state index >= 15 is 0 Å². The van der Waals surface area contributed by atoms with E-state index in [0.29, 0.717) is 25.7 Å². The number of hydrogen-bond acceptors (Lipinski definition) is 4. The van der Waals surface area contributed by atoms with Crippen LogP contribution in [0.4, 0.5) is 0 Å². The maximum Gasteiger partial charge on any atom is 0.394 e. The average Bonchev–Trinajstić information content (AvgIpc) is 2.27. The number of carbonyl (C=O) groups excluding carboxylic acids is 1. The Balaban J connectivity index is 2.40. The van der Waals surface area contributed by atoms with Gasteiger partial charge in [0.25, 0.3) is 0 Å². The summed E-state index contributed by atoms with van der Waals surface area (Å²) in [6, 6.07) is 0.308. The van der Waals surface area contributed by atoms with E-state index in [4.69, 9.17) is 5.11 Å². The number of carboxylic acids is 1. The molecule has 2 N–H and O–H groups in total. The van der Waals surface area contributed by atoms with Crippen molar-refractivity contribution >= 4 is 11.9 Å². The molecule has 1 aliphatic rings. The van der Waals surface area contributed by atoms with Crippen LogP contribution in [0.15, 0.2) is 0 Å². The SMILES string of the molecule is CC(O)CN(C)C1CCN(C(=O)C(=O)O)CC1. The fraction of sp³-hybridized carbons (Fsp3) is 0.818. The summed E-state index contributed by atoms with van der Waals surface area (Å²) in [6.07, 6.45) is 1.13. The predicted molar refractivity (Wildman–Crippen MR) is 61.5 cm³/mol. The van der Waals surface area contributed by atoms with E-state index in [-0.39, 0.29) is 6.10 Å². The van der Waals surface area contributed by atoms with Gasteiger partial charge in [-0.25, -0.2) is 4.79 Å². The molecule has 0 bridgehead atoms. The number of nitrogens with zero attached hydrogens (tertiary/aromatic N) is 2. The lowest BCUT2D eigenvalue weighted by atomic mass is 10.0. The van der Waals surface area contributed by atoms with Gasteiger partial charge in [-0.05, 0) is 26.8 Å². The highest BCUT2D eigenvalue weighted by atomic mass is 16.4. The fourth-order valence-electron chi connectivity index (χ4n) is 2.21. The van der Waals surface area contributed by atoms with E-state index in [1.807, 2.05) is 7.05 Å². The number of aliphatic carboxylic acids is 1. The smallest absolute Gasteiger partial charge is 0.394 e. The molecule has 1 atom stereocenters. The van der Waals surface area contributed by atoms with E-state index < -0.39 is 11.9 Å². The molecule has 1 heterocycles. The van der Waals surface area contributed by atoms with Gasteiger partial charge in [-0.2, -0.15) is 0 Å². The minimum absolute atomic E-state index is 0.308. The van der Waals surface area contributed by atoms with Crippen LogP contribution in [0, 0.1) is 0 Å². The molecule has 1 amide bonds. The number of piperidine rings is 1. The molecule has 1 rings (SSSR count). The highest BCUT2D eigenvalue weighted by Crippen LogP contribution is 2.15. The van der Waals surface area contributed by atoms with Crippen LogP contribution >= 0.6 is 0 Å². The Morgan fingerprint density at radius 1 is 1.41 bits per heavy atom. The van der Waals surface area contributed by atoms with Gasteiger partial charge >= 0.3 is 11.9 Å². The Hall–Kier alpha value is -1.14. The molecule has 1 saturated heterocycles. The molecule has 0 aliphatic carbocycles. The molecule has 1 unspecified atom stereocenters. The summed E-state index contributed by atoms with van der Waals surface area (Å²) in [5.41, 5.74) is 0. The zero-order valence-corrected chi connectivity index (χ0v) is 10.3. The van der Waals surface area contributed by atoms with E-state index in [0.717, 1.165) is 12.8 Å². The van der Waals surface area contributed by atoms with Crippen molar-refractivity contribution in [2.45, 2.75) is 31.9 Å². The lowest BCUT2D eigenvalue weighted by Crippen LogP contribution is -2.48. The normalized spacial score (nSPS) is 19.4. The molecule has 98 valence electrons. The van der Waals surface area contributed by atoms with E-state index in [2.05, 4.69) is 4.90 Å². The maximum absolute atomic E-state index is 11.2. The Labute approximate surface area is 101 Å². The van der Waals surface area contributed by atoms with Crippen molar-refractivity contribution in [2.75, 3.05) is 26.7 Å². The summed E-state index contributed by atoms with van der Waals surface area (Å²) in [4.78, 5) is 25.2. The molecule has 6 nitrogen and oxygen atoms in total. The summed E-state index contributed by atoms with van der Waals surface area (Å²) in [5.74, 6) is -2.21. The minimum atomic E-state index is -1.39. The van der Waals surface area contributed by atoms with E-state index in [1.165, 1.54) is 4.90 Å². The Bertz CT molecular complexity index is 285. The van der Waals surface area contributed by atoms with Gasteiger partial charge in [0.2, 0.25) is 0 Å². The first-order chi connectivity index (χ1) is 7.91. The Kier molecular flexibility index (Phi) is 4.89. The third kappa shape index (κ3) is 3.98. The fourth-order valence-corrected chi connectivity index (χ4v) is 2.21. The van der Waals surface area contributed by atoms with Crippen molar-refractivity contribution in [1.82, 2.24) is 9.80 Å². The van der Waals surface area contributed by atoms with Crippen LogP contribution in [0.5, 0.6) is 0 Å². The molecular weight excluding hydrogens is 224 g/mol. The number of amides is 1. The van der Waals surface area contributed by atoms with E-state index in [1.54, 1.807) is 6.92 Å². The third-order valence-electron chi connectivity index (χ3n) is 3.11. The van der Waals surface area contributed by atoms with Gasteiger partial charge in [-0.15, -0.1) is 0 Å². The van der Waals surface area contributed by atoms with Gasteiger partial charge in [-0.1, -0.05) is 0 Å². The van der Waals surface area contributed by atoms with Crippen LogP contribution in [-0.4, -0.2) is 70.7 Å². The average molecular weight is 244 g/mol. The number of aliphatic hydroxyl groups excluding tert-OH is 1. The van der Waals surface area contributed by atoms with Crippen molar-refractivity contribution in [3.63, 3.8) is 0 Å². The highest BCUT2D eigenvalue weighted by molar-refractivity contribution is 6.31. The summed E-state index contributed by atoms with van der Waals surface area (Å²) < 4.78 is 0. The van der Waals surface area contributed by atoms with Crippen LogP contribution in [0.2, 0.25) is 0 Å². The second kappa shape index (κ2) is 5.97. The number of likely N-dealkylation sites (tertiary alicyclic amines) is 1. The van der Waals surface area contributed by atoms with Gasteiger partial charge in [0.1, 0.15) is 0 Å². The largest absolute Gasteiger partial charge is 0.474 e. The molecule has 6 heteroatoms. The summed E-state index contributed by atoms with van der Waals surface area (Å²) >= 11 is 0. The molecule has 0 spiro atoms. The number of carbonyl (C=O) groups is 2. The Morgan fingerprint density at radius 2 is 1.94 bits per heavy atom. The van der Waals surface area contributed by atoms with Crippen LogP contribution < -0.4 is 0 Å².